The molecule has 1 aliphatic heterocycles. The number of aromatic nitrogens is 2. The summed E-state index contributed by atoms with van der Waals surface area (Å²) in [6.45, 7) is 1.93. The molecule has 0 radical (unpaired) electrons. The molecule has 2 heterocycles. The van der Waals surface area contributed by atoms with Gasteiger partial charge in [0.2, 0.25) is 10.8 Å². The maximum atomic E-state index is 12.1. The number of hydrogen-bond donors (Lipinski definition) is 1. The summed E-state index contributed by atoms with van der Waals surface area (Å²) in [6.07, 6.45) is 0. The van der Waals surface area contributed by atoms with E-state index in [4.69, 9.17) is 16.1 Å². The Morgan fingerprint density at radius 1 is 1.26 bits per heavy atom. The minimum atomic E-state index is -1.53. The molecule has 0 fully saturated rings. The molecule has 116 valence electrons. The van der Waals surface area contributed by atoms with Crippen molar-refractivity contribution in [1.82, 2.24) is 9.72 Å². The minimum Gasteiger partial charge on any atom is -0.368 e. The zero-order valence-electron chi connectivity index (χ0n) is 12.0. The van der Waals surface area contributed by atoms with E-state index in [-0.39, 0.29) is 5.82 Å². The molecular formula is C16H11ClN2O3S. The van der Waals surface area contributed by atoms with Gasteiger partial charge in [0.1, 0.15) is 0 Å². The monoisotopic (exact) mass is 346 g/mol. The number of aliphatic hydroxyl groups is 1. The highest BCUT2D eigenvalue weighted by molar-refractivity contribution is 8.00. The van der Waals surface area contributed by atoms with E-state index < -0.39 is 10.7 Å². The van der Waals surface area contributed by atoms with Crippen molar-refractivity contribution < 1.29 is 9.63 Å². The summed E-state index contributed by atoms with van der Waals surface area (Å²) < 4.78 is 6.13. The fourth-order valence-electron chi connectivity index (χ4n) is 2.63. The van der Waals surface area contributed by atoms with Crippen LogP contribution in [-0.4, -0.2) is 14.8 Å². The number of nitrogens with zero attached hydrogens (tertiary/aromatic N) is 2. The van der Waals surface area contributed by atoms with Crippen molar-refractivity contribution in [2.45, 2.75) is 16.8 Å². The molecule has 23 heavy (non-hydrogen) atoms. The molecule has 5 nitrogen and oxygen atoms in total. The number of fused-ring (bicyclic) bond motifs is 3. The van der Waals surface area contributed by atoms with Crippen molar-refractivity contribution in [1.29, 1.82) is 0 Å². The summed E-state index contributed by atoms with van der Waals surface area (Å²) >= 11 is 7.13. The Kier molecular flexibility index (Phi) is 3.16. The second kappa shape index (κ2) is 4.99. The lowest BCUT2D eigenvalue weighted by atomic mass is 10.1. The first kappa shape index (κ1) is 14.6. The molecule has 0 saturated carbocycles. The highest BCUT2D eigenvalue weighted by Crippen LogP contribution is 2.49. The first-order valence-corrected chi connectivity index (χ1v) is 8.06. The van der Waals surface area contributed by atoms with Gasteiger partial charge in [-0.25, -0.2) is 9.36 Å². The Morgan fingerprint density at radius 3 is 2.74 bits per heavy atom. The molecule has 0 amide bonds. The normalized spacial score (nSPS) is 19.3. The predicted octanol–water partition coefficient (Wildman–Crippen LogP) is 3.09. The van der Waals surface area contributed by atoms with Gasteiger partial charge in [0, 0.05) is 15.5 Å². The van der Waals surface area contributed by atoms with Gasteiger partial charge >= 0.3 is 5.76 Å². The molecule has 1 N–H and O–H groups in total. The minimum absolute atomic E-state index is 0.146. The van der Waals surface area contributed by atoms with Crippen LogP contribution < -0.4 is 5.76 Å². The lowest BCUT2D eigenvalue weighted by molar-refractivity contribution is 0.163. The summed E-state index contributed by atoms with van der Waals surface area (Å²) in [5.41, 5.74) is 2.23. The third-order valence-corrected chi connectivity index (χ3v) is 5.29. The summed E-state index contributed by atoms with van der Waals surface area (Å²) in [6, 6.07) is 12.4. The van der Waals surface area contributed by atoms with Crippen LogP contribution in [0.3, 0.4) is 0 Å². The van der Waals surface area contributed by atoms with Gasteiger partial charge in [-0.2, -0.15) is 0 Å². The van der Waals surface area contributed by atoms with Gasteiger partial charge in [-0.15, -0.1) is 0 Å². The highest BCUT2D eigenvalue weighted by Gasteiger charge is 2.44. The second-order valence-corrected chi connectivity index (χ2v) is 7.00. The van der Waals surface area contributed by atoms with Crippen LogP contribution in [0.25, 0.3) is 5.69 Å². The van der Waals surface area contributed by atoms with Crippen LogP contribution in [0.15, 0.2) is 56.7 Å². The van der Waals surface area contributed by atoms with Crippen molar-refractivity contribution in [2.24, 2.45) is 0 Å². The second-order valence-electron chi connectivity index (χ2n) is 5.33. The number of thioether (sulfide) groups is 1. The van der Waals surface area contributed by atoms with Gasteiger partial charge in [-0.05, 0) is 36.8 Å². The predicted molar refractivity (Wildman–Crippen MR) is 87.1 cm³/mol. The fraction of sp³-hybridized carbons (Fsp3) is 0.125. The van der Waals surface area contributed by atoms with Crippen molar-refractivity contribution in [3.05, 3.63) is 75.0 Å². The van der Waals surface area contributed by atoms with Crippen LogP contribution in [-0.2, 0) is 4.93 Å². The molecule has 7 heteroatoms. The van der Waals surface area contributed by atoms with E-state index in [1.165, 1.54) is 16.3 Å². The maximum Gasteiger partial charge on any atom is 0.446 e. The lowest BCUT2D eigenvalue weighted by Crippen LogP contribution is -2.33. The topological polar surface area (TPSA) is 68.3 Å². The van der Waals surface area contributed by atoms with Crippen LogP contribution in [0.1, 0.15) is 17.0 Å². The summed E-state index contributed by atoms with van der Waals surface area (Å²) in [5, 5.41) is 15.6. The molecule has 1 aliphatic rings. The quantitative estimate of drug-likeness (QED) is 0.733. The van der Waals surface area contributed by atoms with E-state index in [1.54, 1.807) is 24.3 Å². The third-order valence-electron chi connectivity index (χ3n) is 3.76. The van der Waals surface area contributed by atoms with Gasteiger partial charge in [-0.1, -0.05) is 46.7 Å². The molecule has 1 atom stereocenters. The molecule has 1 aromatic heterocycles. The lowest BCUT2D eigenvalue weighted by Gasteiger charge is -2.31. The van der Waals surface area contributed by atoms with E-state index >= 15 is 0 Å². The molecule has 0 bridgehead atoms. The average molecular weight is 347 g/mol. The van der Waals surface area contributed by atoms with E-state index in [9.17, 15) is 9.90 Å². The van der Waals surface area contributed by atoms with Crippen LogP contribution in [0.5, 0.6) is 0 Å². The van der Waals surface area contributed by atoms with Gasteiger partial charge in [0.05, 0.1) is 5.69 Å². The fourth-order valence-corrected chi connectivity index (χ4v) is 3.94. The van der Waals surface area contributed by atoms with Crippen LogP contribution in [0, 0.1) is 6.92 Å². The third kappa shape index (κ3) is 2.14. The zero-order valence-corrected chi connectivity index (χ0v) is 13.6. The molecule has 0 aliphatic carbocycles. The van der Waals surface area contributed by atoms with Crippen molar-refractivity contribution in [3.63, 3.8) is 0 Å². The van der Waals surface area contributed by atoms with Crippen LogP contribution in [0.2, 0.25) is 5.02 Å². The van der Waals surface area contributed by atoms with Gasteiger partial charge in [0.15, 0.2) is 0 Å². The molecule has 0 spiro atoms. The summed E-state index contributed by atoms with van der Waals surface area (Å²) in [5.74, 6) is -0.479. The first-order chi connectivity index (χ1) is 11.0. The van der Waals surface area contributed by atoms with Crippen LogP contribution in [0.4, 0.5) is 0 Å². The van der Waals surface area contributed by atoms with Crippen molar-refractivity contribution in [2.75, 3.05) is 0 Å². The average Bonchev–Trinajstić information content (AvgIpc) is 2.92. The first-order valence-electron chi connectivity index (χ1n) is 6.87. The Balaban J connectivity index is 2.00. The number of halogens is 1. The molecule has 4 rings (SSSR count). The van der Waals surface area contributed by atoms with Crippen molar-refractivity contribution >= 4 is 23.4 Å². The van der Waals surface area contributed by atoms with Crippen LogP contribution >= 0.6 is 23.4 Å². The molecule has 1 unspecified atom stereocenters. The number of benzene rings is 2. The summed E-state index contributed by atoms with van der Waals surface area (Å²) in [7, 11) is 0. The zero-order chi connectivity index (χ0) is 16.2. The molecule has 3 aromatic rings. The summed E-state index contributed by atoms with van der Waals surface area (Å²) in [4.78, 5) is 11.3. The van der Waals surface area contributed by atoms with Gasteiger partial charge < -0.3 is 5.11 Å². The Morgan fingerprint density at radius 2 is 2.00 bits per heavy atom. The molecular weight excluding hydrogens is 336 g/mol. The standard InChI is InChI=1S/C16H11ClN2O3S/c1-9-2-7-13-12(8-9)19-14(18-22-15(19)20)16(21,23-13)10-3-5-11(17)6-4-10/h2-8,21H,1H3. The smallest absolute Gasteiger partial charge is 0.368 e. The Hall–Kier alpha value is -2.02. The highest BCUT2D eigenvalue weighted by atomic mass is 35.5. The van der Waals surface area contributed by atoms with Gasteiger partial charge in [-0.3, -0.25) is 4.52 Å². The number of rotatable bonds is 1. The number of aryl methyl sites for hydroxylation is 1. The largest absolute Gasteiger partial charge is 0.446 e. The van der Waals surface area contributed by atoms with E-state index in [0.29, 0.717) is 16.3 Å². The van der Waals surface area contributed by atoms with Gasteiger partial charge in [0.25, 0.3) is 0 Å². The van der Waals surface area contributed by atoms with E-state index in [0.717, 1.165) is 10.5 Å². The number of hydrogen-bond acceptors (Lipinski definition) is 5. The molecule has 0 saturated heterocycles. The SMILES string of the molecule is Cc1ccc2c(c1)-n1c(noc1=O)C(O)(c1ccc(Cl)cc1)S2. The Bertz CT molecular complexity index is 964. The molecule has 2 aromatic carbocycles. The van der Waals surface area contributed by atoms with E-state index in [1.807, 2.05) is 25.1 Å². The van der Waals surface area contributed by atoms with E-state index in [2.05, 4.69) is 5.16 Å². The maximum absolute atomic E-state index is 12.1. The Labute approximate surface area is 140 Å². The van der Waals surface area contributed by atoms with Crippen molar-refractivity contribution in [3.8, 4) is 5.69 Å².